The molecule has 2 N–H and O–H groups in total. The lowest BCUT2D eigenvalue weighted by Gasteiger charge is -2.29. The molecule has 0 amide bonds. The maximum absolute atomic E-state index is 11.3. The number of aliphatic carboxylic acids is 1. The van der Waals surface area contributed by atoms with Crippen molar-refractivity contribution in [1.82, 2.24) is 10.2 Å². The van der Waals surface area contributed by atoms with E-state index in [9.17, 15) is 9.90 Å². The molecule has 0 heterocycles. The molecule has 0 radical (unpaired) electrons. The second-order valence-electron chi connectivity index (χ2n) is 5.70. The molecule has 18 heavy (non-hydrogen) atoms. The van der Waals surface area contributed by atoms with Crippen LogP contribution in [0.3, 0.4) is 0 Å². The highest BCUT2D eigenvalue weighted by atomic mass is 16.4. The average molecular weight is 258 g/mol. The maximum Gasteiger partial charge on any atom is 0.323 e. The van der Waals surface area contributed by atoms with E-state index in [1.165, 1.54) is 12.8 Å². The summed E-state index contributed by atoms with van der Waals surface area (Å²) in [4.78, 5) is 13.6. The molecular formula is C14H30N2O2. The van der Waals surface area contributed by atoms with Crippen LogP contribution in [0, 0.1) is 0 Å². The third-order valence-electron chi connectivity index (χ3n) is 3.19. The molecule has 1 unspecified atom stereocenters. The maximum atomic E-state index is 11.3. The molecule has 0 aliphatic heterocycles. The van der Waals surface area contributed by atoms with Crippen LogP contribution in [0.25, 0.3) is 0 Å². The molecule has 0 aromatic heterocycles. The number of carbonyl (C=O) groups is 1. The molecule has 1 atom stereocenters. The number of nitrogens with one attached hydrogen (secondary N) is 1. The largest absolute Gasteiger partial charge is 0.480 e. The fourth-order valence-corrected chi connectivity index (χ4v) is 2.12. The lowest BCUT2D eigenvalue weighted by Crippen LogP contribution is -2.52. The Morgan fingerprint density at radius 2 is 1.89 bits per heavy atom. The molecule has 108 valence electrons. The van der Waals surface area contributed by atoms with Gasteiger partial charge in [-0.25, -0.2) is 0 Å². The number of hydrogen-bond acceptors (Lipinski definition) is 3. The number of carboxylic acids is 1. The van der Waals surface area contributed by atoms with E-state index in [4.69, 9.17) is 0 Å². The Morgan fingerprint density at radius 3 is 2.33 bits per heavy atom. The van der Waals surface area contributed by atoms with E-state index in [-0.39, 0.29) is 6.04 Å². The van der Waals surface area contributed by atoms with Crippen LogP contribution in [-0.2, 0) is 4.79 Å². The third-order valence-corrected chi connectivity index (χ3v) is 3.19. The topological polar surface area (TPSA) is 52.6 Å². The minimum absolute atomic E-state index is 0.184. The van der Waals surface area contributed by atoms with Crippen LogP contribution in [0.5, 0.6) is 0 Å². The first-order valence-corrected chi connectivity index (χ1v) is 7.01. The molecule has 0 spiro atoms. The van der Waals surface area contributed by atoms with Gasteiger partial charge in [-0.1, -0.05) is 13.3 Å². The lowest BCUT2D eigenvalue weighted by molar-refractivity contribution is -0.144. The quantitative estimate of drug-likeness (QED) is 0.631. The standard InChI is InChI=1S/C14H30N2O2/c1-6-7-10-16(5)11-8-9-14(4,13(17)18)15-12(2)3/h12,15H,6-11H2,1-5H3,(H,17,18). The van der Waals surface area contributed by atoms with Gasteiger partial charge in [0.15, 0.2) is 0 Å². The van der Waals surface area contributed by atoms with Crippen molar-refractivity contribution in [2.75, 3.05) is 20.1 Å². The molecule has 0 aliphatic carbocycles. The molecule has 0 fully saturated rings. The molecule has 4 heteroatoms. The van der Waals surface area contributed by atoms with Gasteiger partial charge >= 0.3 is 5.97 Å². The Hall–Kier alpha value is -0.610. The van der Waals surface area contributed by atoms with Gasteiger partial charge in [0.05, 0.1) is 0 Å². The van der Waals surface area contributed by atoms with Gasteiger partial charge in [0.2, 0.25) is 0 Å². The van der Waals surface area contributed by atoms with Crippen molar-refractivity contribution in [2.24, 2.45) is 0 Å². The van der Waals surface area contributed by atoms with Crippen molar-refractivity contribution < 1.29 is 9.90 Å². The first-order chi connectivity index (χ1) is 8.31. The Labute approximate surface area is 112 Å². The van der Waals surface area contributed by atoms with Gasteiger partial charge in [-0.3, -0.25) is 10.1 Å². The van der Waals surface area contributed by atoms with Crippen LogP contribution in [0.4, 0.5) is 0 Å². The first kappa shape index (κ1) is 17.4. The summed E-state index contributed by atoms with van der Waals surface area (Å²) < 4.78 is 0. The van der Waals surface area contributed by atoms with Crippen LogP contribution in [0.2, 0.25) is 0 Å². The monoisotopic (exact) mass is 258 g/mol. The third kappa shape index (κ3) is 6.97. The summed E-state index contributed by atoms with van der Waals surface area (Å²) >= 11 is 0. The molecule has 0 saturated carbocycles. The lowest BCUT2D eigenvalue weighted by atomic mass is 9.94. The van der Waals surface area contributed by atoms with E-state index >= 15 is 0 Å². The summed E-state index contributed by atoms with van der Waals surface area (Å²) in [5, 5.41) is 12.5. The molecule has 0 saturated heterocycles. The van der Waals surface area contributed by atoms with Crippen molar-refractivity contribution in [3.8, 4) is 0 Å². The van der Waals surface area contributed by atoms with E-state index in [1.807, 2.05) is 13.8 Å². The highest BCUT2D eigenvalue weighted by molar-refractivity contribution is 5.78. The predicted molar refractivity (Wildman–Crippen MR) is 76.0 cm³/mol. The van der Waals surface area contributed by atoms with E-state index in [0.717, 1.165) is 19.5 Å². The number of nitrogens with zero attached hydrogens (tertiary/aromatic N) is 1. The predicted octanol–water partition coefficient (Wildman–Crippen LogP) is 2.34. The average Bonchev–Trinajstić information content (AvgIpc) is 2.25. The zero-order chi connectivity index (χ0) is 14.2. The fourth-order valence-electron chi connectivity index (χ4n) is 2.12. The minimum Gasteiger partial charge on any atom is -0.480 e. The van der Waals surface area contributed by atoms with Gasteiger partial charge < -0.3 is 10.0 Å². The van der Waals surface area contributed by atoms with E-state index in [1.54, 1.807) is 6.92 Å². The molecule has 4 nitrogen and oxygen atoms in total. The highest BCUT2D eigenvalue weighted by Crippen LogP contribution is 2.14. The van der Waals surface area contributed by atoms with E-state index in [2.05, 4.69) is 24.2 Å². The van der Waals surface area contributed by atoms with Crippen LogP contribution >= 0.6 is 0 Å². The summed E-state index contributed by atoms with van der Waals surface area (Å²) in [7, 11) is 2.10. The van der Waals surface area contributed by atoms with Crippen LogP contribution < -0.4 is 5.32 Å². The SMILES string of the molecule is CCCCN(C)CCCC(C)(NC(C)C)C(=O)O. The van der Waals surface area contributed by atoms with Crippen molar-refractivity contribution in [1.29, 1.82) is 0 Å². The molecule has 0 aliphatic rings. The van der Waals surface area contributed by atoms with E-state index < -0.39 is 11.5 Å². The molecular weight excluding hydrogens is 228 g/mol. The molecule has 0 aromatic rings. The van der Waals surface area contributed by atoms with Crippen LogP contribution in [0.15, 0.2) is 0 Å². The van der Waals surface area contributed by atoms with E-state index in [0.29, 0.717) is 6.42 Å². The number of carboxylic acid groups (broad SMARTS) is 1. The van der Waals surface area contributed by atoms with Gasteiger partial charge in [0.1, 0.15) is 5.54 Å². The second kappa shape index (κ2) is 8.48. The second-order valence-corrected chi connectivity index (χ2v) is 5.70. The summed E-state index contributed by atoms with van der Waals surface area (Å²) in [6, 6.07) is 0.184. The number of unbranched alkanes of at least 4 members (excludes halogenated alkanes) is 1. The van der Waals surface area contributed by atoms with Gasteiger partial charge in [-0.2, -0.15) is 0 Å². The Morgan fingerprint density at radius 1 is 1.33 bits per heavy atom. The van der Waals surface area contributed by atoms with Crippen molar-refractivity contribution >= 4 is 5.97 Å². The molecule has 0 rings (SSSR count). The summed E-state index contributed by atoms with van der Waals surface area (Å²) in [5.74, 6) is -0.757. The summed E-state index contributed by atoms with van der Waals surface area (Å²) in [5.41, 5.74) is -0.806. The van der Waals surface area contributed by atoms with Crippen molar-refractivity contribution in [3.05, 3.63) is 0 Å². The Balaban J connectivity index is 4.08. The van der Waals surface area contributed by atoms with Crippen molar-refractivity contribution in [2.45, 2.75) is 65.0 Å². The summed E-state index contributed by atoms with van der Waals surface area (Å²) in [6.45, 7) is 9.98. The smallest absolute Gasteiger partial charge is 0.323 e. The summed E-state index contributed by atoms with van der Waals surface area (Å²) in [6.07, 6.45) is 3.97. The zero-order valence-electron chi connectivity index (χ0n) is 12.6. The van der Waals surface area contributed by atoms with Gasteiger partial charge in [0.25, 0.3) is 0 Å². The fraction of sp³-hybridized carbons (Fsp3) is 0.929. The number of hydrogen-bond donors (Lipinski definition) is 2. The Kier molecular flexibility index (Phi) is 8.20. The number of rotatable bonds is 10. The Bertz CT molecular complexity index is 244. The molecule has 0 bridgehead atoms. The normalized spacial score (nSPS) is 15.1. The van der Waals surface area contributed by atoms with Crippen LogP contribution in [0.1, 0.15) is 53.4 Å². The van der Waals surface area contributed by atoms with Gasteiger partial charge in [-0.05, 0) is 60.2 Å². The van der Waals surface area contributed by atoms with Gasteiger partial charge in [-0.15, -0.1) is 0 Å². The van der Waals surface area contributed by atoms with Gasteiger partial charge in [0, 0.05) is 6.04 Å². The zero-order valence-corrected chi connectivity index (χ0v) is 12.6. The van der Waals surface area contributed by atoms with Crippen molar-refractivity contribution in [3.63, 3.8) is 0 Å². The molecule has 0 aromatic carbocycles. The first-order valence-electron chi connectivity index (χ1n) is 7.01. The van der Waals surface area contributed by atoms with Crippen LogP contribution in [-0.4, -0.2) is 47.7 Å². The highest BCUT2D eigenvalue weighted by Gasteiger charge is 2.32. The minimum atomic E-state index is -0.806.